The van der Waals surface area contributed by atoms with Gasteiger partial charge in [0.05, 0.1) is 5.69 Å². The number of rotatable bonds is 3. The molecule has 1 saturated heterocycles. The molecule has 5 rings (SSSR count). The first-order chi connectivity index (χ1) is 13.0. The minimum Gasteiger partial charge on any atom is -0.490 e. The maximum Gasteiger partial charge on any atom is 0.123 e. The van der Waals surface area contributed by atoms with Crippen molar-refractivity contribution >= 4 is 0 Å². The van der Waals surface area contributed by atoms with Crippen molar-refractivity contribution in [3.05, 3.63) is 58.9 Å². The number of aliphatic hydroxyl groups is 1. The summed E-state index contributed by atoms with van der Waals surface area (Å²) in [6, 6.07) is 10.6. The van der Waals surface area contributed by atoms with Crippen LogP contribution in [-0.4, -0.2) is 34.2 Å². The normalized spacial score (nSPS) is 32.3. The van der Waals surface area contributed by atoms with Gasteiger partial charge in [-0.3, -0.25) is 9.88 Å². The van der Waals surface area contributed by atoms with Gasteiger partial charge >= 0.3 is 0 Å². The van der Waals surface area contributed by atoms with E-state index in [0.717, 1.165) is 55.9 Å². The number of fused-ring (bicyclic) bond motifs is 2. The summed E-state index contributed by atoms with van der Waals surface area (Å²) in [6.45, 7) is 7.16. The van der Waals surface area contributed by atoms with Gasteiger partial charge in [0.1, 0.15) is 17.5 Å². The lowest BCUT2D eigenvalue weighted by atomic mass is 9.83. The molecule has 0 unspecified atom stereocenters. The van der Waals surface area contributed by atoms with Crippen molar-refractivity contribution in [2.24, 2.45) is 11.8 Å². The van der Waals surface area contributed by atoms with E-state index in [0.29, 0.717) is 5.92 Å². The minimum absolute atomic E-state index is 0.281. The molecule has 0 spiro atoms. The van der Waals surface area contributed by atoms with E-state index >= 15 is 0 Å². The number of pyridine rings is 1. The molecule has 1 aromatic heterocycles. The average Bonchev–Trinajstić information content (AvgIpc) is 3.30. The van der Waals surface area contributed by atoms with Crippen LogP contribution in [0.5, 0.6) is 5.75 Å². The van der Waals surface area contributed by atoms with E-state index in [9.17, 15) is 5.11 Å². The van der Waals surface area contributed by atoms with Gasteiger partial charge in [0.15, 0.2) is 0 Å². The Morgan fingerprint density at radius 1 is 1.30 bits per heavy atom. The SMILES string of the molecule is Cc1cccnc1[C@@]1(O)CC[C@@H]2CN(Cc3ccc4c(c3)C[C@H](C)O4)C[C@@H]21. The standard InChI is InChI=1S/C23H28N2O2/c1-15-4-3-9-24-22(15)23(26)8-7-18-13-25(14-20(18)23)12-17-5-6-21-19(11-17)10-16(2)27-21/h3-6,9,11,16,18,20,26H,7-8,10,12-14H2,1-2H3/t16-,18+,20-,23+/m0/s1. The van der Waals surface area contributed by atoms with Gasteiger partial charge in [-0.1, -0.05) is 18.2 Å². The van der Waals surface area contributed by atoms with Gasteiger partial charge in [-0.25, -0.2) is 0 Å². The van der Waals surface area contributed by atoms with Crippen molar-refractivity contribution in [2.75, 3.05) is 13.1 Å². The van der Waals surface area contributed by atoms with Crippen LogP contribution in [0.3, 0.4) is 0 Å². The molecule has 1 aliphatic carbocycles. The molecule has 3 heterocycles. The summed E-state index contributed by atoms with van der Waals surface area (Å²) in [5.74, 6) is 1.89. The van der Waals surface area contributed by atoms with Crippen LogP contribution in [-0.2, 0) is 18.6 Å². The second-order valence-electron chi connectivity index (χ2n) is 8.77. The topological polar surface area (TPSA) is 45.6 Å². The molecule has 0 amide bonds. The number of likely N-dealkylation sites (tertiary alicyclic amines) is 1. The fourth-order valence-electron chi connectivity index (χ4n) is 5.58. The second kappa shape index (κ2) is 6.32. The van der Waals surface area contributed by atoms with Crippen LogP contribution in [0.15, 0.2) is 36.5 Å². The van der Waals surface area contributed by atoms with E-state index in [2.05, 4.69) is 48.0 Å². The maximum atomic E-state index is 11.5. The van der Waals surface area contributed by atoms with Gasteiger partial charge < -0.3 is 9.84 Å². The van der Waals surface area contributed by atoms with Crippen LogP contribution < -0.4 is 4.74 Å². The molecule has 1 saturated carbocycles. The number of hydrogen-bond acceptors (Lipinski definition) is 4. The summed E-state index contributed by atoms with van der Waals surface area (Å²) in [5, 5.41) is 11.5. The second-order valence-corrected chi connectivity index (χ2v) is 8.77. The van der Waals surface area contributed by atoms with Crippen LogP contribution in [0, 0.1) is 18.8 Å². The van der Waals surface area contributed by atoms with Crippen LogP contribution in [0.4, 0.5) is 0 Å². The predicted molar refractivity (Wildman–Crippen MR) is 105 cm³/mol. The summed E-state index contributed by atoms with van der Waals surface area (Å²) in [4.78, 5) is 7.08. The molecule has 2 aliphatic heterocycles. The number of aryl methyl sites for hydroxylation is 1. The van der Waals surface area contributed by atoms with E-state index < -0.39 is 5.60 Å². The van der Waals surface area contributed by atoms with Crippen LogP contribution in [0.1, 0.15) is 42.1 Å². The zero-order valence-electron chi connectivity index (χ0n) is 16.2. The molecule has 0 bridgehead atoms. The minimum atomic E-state index is -0.772. The summed E-state index contributed by atoms with van der Waals surface area (Å²) >= 11 is 0. The number of nitrogens with zero attached hydrogens (tertiary/aromatic N) is 2. The number of ether oxygens (including phenoxy) is 1. The molecule has 0 radical (unpaired) electrons. The van der Waals surface area contributed by atoms with E-state index in [1.807, 2.05) is 12.3 Å². The Kier molecular flexibility index (Phi) is 4.03. The molecule has 4 atom stereocenters. The summed E-state index contributed by atoms with van der Waals surface area (Å²) in [7, 11) is 0. The van der Waals surface area contributed by atoms with E-state index in [-0.39, 0.29) is 12.0 Å². The lowest BCUT2D eigenvalue weighted by Crippen LogP contribution is -2.36. The highest BCUT2D eigenvalue weighted by molar-refractivity contribution is 5.40. The average molecular weight is 364 g/mol. The quantitative estimate of drug-likeness (QED) is 0.906. The van der Waals surface area contributed by atoms with Gasteiger partial charge in [0.25, 0.3) is 0 Å². The lowest BCUT2D eigenvalue weighted by Gasteiger charge is -2.31. The number of aromatic nitrogens is 1. The van der Waals surface area contributed by atoms with Gasteiger partial charge in [-0.15, -0.1) is 0 Å². The third-order valence-corrected chi connectivity index (χ3v) is 6.81. The molecule has 3 aliphatic rings. The van der Waals surface area contributed by atoms with Gasteiger partial charge in [0.2, 0.25) is 0 Å². The third-order valence-electron chi connectivity index (χ3n) is 6.81. The third kappa shape index (κ3) is 2.86. The predicted octanol–water partition coefficient (Wildman–Crippen LogP) is 3.44. The maximum absolute atomic E-state index is 11.5. The number of hydrogen-bond donors (Lipinski definition) is 1. The summed E-state index contributed by atoms with van der Waals surface area (Å²) in [6.07, 6.45) is 5.03. The van der Waals surface area contributed by atoms with E-state index in [1.54, 1.807) is 0 Å². The number of benzene rings is 1. The van der Waals surface area contributed by atoms with E-state index in [4.69, 9.17) is 4.74 Å². The first-order valence-electron chi connectivity index (χ1n) is 10.2. The van der Waals surface area contributed by atoms with Crippen molar-refractivity contribution in [3.63, 3.8) is 0 Å². The van der Waals surface area contributed by atoms with Crippen molar-refractivity contribution in [1.82, 2.24) is 9.88 Å². The van der Waals surface area contributed by atoms with Gasteiger partial charge in [0, 0.05) is 38.2 Å². The van der Waals surface area contributed by atoms with Crippen molar-refractivity contribution in [1.29, 1.82) is 0 Å². The fourth-order valence-corrected chi connectivity index (χ4v) is 5.58. The Bertz CT molecular complexity index is 867. The largest absolute Gasteiger partial charge is 0.490 e. The molecular weight excluding hydrogens is 336 g/mol. The zero-order valence-corrected chi connectivity index (χ0v) is 16.2. The Morgan fingerprint density at radius 2 is 2.19 bits per heavy atom. The molecule has 1 N–H and O–H groups in total. The van der Waals surface area contributed by atoms with Crippen LogP contribution >= 0.6 is 0 Å². The molecule has 4 nitrogen and oxygen atoms in total. The van der Waals surface area contributed by atoms with Crippen molar-refractivity contribution < 1.29 is 9.84 Å². The first kappa shape index (κ1) is 17.2. The summed E-state index contributed by atoms with van der Waals surface area (Å²) < 4.78 is 5.83. The lowest BCUT2D eigenvalue weighted by molar-refractivity contribution is -0.0114. The molecule has 1 aromatic carbocycles. The fraction of sp³-hybridized carbons (Fsp3) is 0.522. The Labute approximate surface area is 161 Å². The highest BCUT2D eigenvalue weighted by Gasteiger charge is 2.53. The highest BCUT2D eigenvalue weighted by Crippen LogP contribution is 2.50. The Morgan fingerprint density at radius 3 is 3.04 bits per heavy atom. The van der Waals surface area contributed by atoms with Gasteiger partial charge in [-0.2, -0.15) is 0 Å². The molecule has 142 valence electrons. The Balaban J connectivity index is 1.33. The summed E-state index contributed by atoms with van der Waals surface area (Å²) in [5.41, 5.74) is 3.91. The zero-order chi connectivity index (χ0) is 18.6. The Hall–Kier alpha value is -1.91. The molecular formula is C23H28N2O2. The molecule has 4 heteroatoms. The molecule has 2 aromatic rings. The van der Waals surface area contributed by atoms with Crippen LogP contribution in [0.25, 0.3) is 0 Å². The van der Waals surface area contributed by atoms with Gasteiger partial charge in [-0.05, 0) is 61.4 Å². The van der Waals surface area contributed by atoms with Crippen molar-refractivity contribution in [3.8, 4) is 5.75 Å². The van der Waals surface area contributed by atoms with Crippen LogP contribution in [0.2, 0.25) is 0 Å². The van der Waals surface area contributed by atoms with Crippen molar-refractivity contribution in [2.45, 2.75) is 51.4 Å². The first-order valence-corrected chi connectivity index (χ1v) is 10.2. The molecule has 27 heavy (non-hydrogen) atoms. The smallest absolute Gasteiger partial charge is 0.123 e. The highest BCUT2D eigenvalue weighted by atomic mass is 16.5. The van der Waals surface area contributed by atoms with E-state index in [1.165, 1.54) is 11.1 Å². The monoisotopic (exact) mass is 364 g/mol. The molecule has 2 fully saturated rings.